The smallest absolute Gasteiger partial charge is 0.390 e. The number of alkyl halides is 3. The molecule has 0 aromatic heterocycles. The van der Waals surface area contributed by atoms with Gasteiger partial charge in [-0.2, -0.15) is 13.2 Å². The van der Waals surface area contributed by atoms with E-state index in [2.05, 4.69) is 5.16 Å². The Labute approximate surface area is 191 Å². The number of carbonyl (C=O) groups excluding carboxylic acids is 1. The van der Waals surface area contributed by atoms with Gasteiger partial charge in [0.2, 0.25) is 5.91 Å². The molecule has 2 aromatic carbocycles. The number of carbonyl (C=O) groups is 1. The van der Waals surface area contributed by atoms with Gasteiger partial charge in [0.25, 0.3) is 0 Å². The van der Waals surface area contributed by atoms with Crippen LogP contribution in [-0.2, 0) is 22.4 Å². The minimum absolute atomic E-state index is 0.0645. The molecule has 172 valence electrons. The van der Waals surface area contributed by atoms with Crippen LogP contribution in [0.5, 0.6) is 0 Å². The molecule has 0 fully saturated rings. The van der Waals surface area contributed by atoms with Crippen LogP contribution in [0.1, 0.15) is 50.3 Å². The lowest BCUT2D eigenvalue weighted by atomic mass is 9.91. The van der Waals surface area contributed by atoms with Crippen molar-refractivity contribution < 1.29 is 22.8 Å². The van der Waals surface area contributed by atoms with Crippen LogP contribution in [0.15, 0.2) is 53.7 Å². The zero-order valence-electron chi connectivity index (χ0n) is 18.2. The van der Waals surface area contributed by atoms with Crippen molar-refractivity contribution in [2.24, 2.45) is 10.6 Å². The van der Waals surface area contributed by atoms with Crippen molar-refractivity contribution in [1.82, 2.24) is 4.90 Å². The fourth-order valence-electron chi connectivity index (χ4n) is 3.47. The van der Waals surface area contributed by atoms with Gasteiger partial charge in [-0.25, -0.2) is 0 Å². The van der Waals surface area contributed by atoms with E-state index >= 15 is 0 Å². The SMILES string of the molecule is CC(C)(C)CC(=O)N(Cc1cccc(C(F)(F)F)c1)C[C@@H]1CC(c2ccc(Cl)cc2)=NO1. The largest absolute Gasteiger partial charge is 0.416 e. The molecule has 3 rings (SSSR count). The van der Waals surface area contributed by atoms with Crippen LogP contribution >= 0.6 is 11.6 Å². The molecule has 1 aliphatic heterocycles. The number of amides is 1. The van der Waals surface area contributed by atoms with Crippen LogP contribution in [0.25, 0.3) is 0 Å². The number of oxime groups is 1. The van der Waals surface area contributed by atoms with Crippen LogP contribution in [0.3, 0.4) is 0 Å². The van der Waals surface area contributed by atoms with E-state index in [1.165, 1.54) is 6.07 Å². The molecule has 0 spiro atoms. The lowest BCUT2D eigenvalue weighted by Gasteiger charge is -2.28. The van der Waals surface area contributed by atoms with Crippen molar-refractivity contribution >= 4 is 23.2 Å². The van der Waals surface area contributed by atoms with Crippen LogP contribution in [0.4, 0.5) is 13.2 Å². The van der Waals surface area contributed by atoms with E-state index in [0.717, 1.165) is 23.4 Å². The second kappa shape index (κ2) is 9.53. The zero-order valence-corrected chi connectivity index (χ0v) is 19.0. The maximum absolute atomic E-state index is 13.1. The number of hydrogen-bond acceptors (Lipinski definition) is 3. The molecule has 0 N–H and O–H groups in total. The summed E-state index contributed by atoms with van der Waals surface area (Å²) in [4.78, 5) is 20.1. The van der Waals surface area contributed by atoms with Crippen molar-refractivity contribution in [3.8, 4) is 0 Å². The van der Waals surface area contributed by atoms with Crippen LogP contribution in [-0.4, -0.2) is 29.2 Å². The summed E-state index contributed by atoms with van der Waals surface area (Å²) in [6, 6.07) is 12.3. The van der Waals surface area contributed by atoms with E-state index in [0.29, 0.717) is 17.0 Å². The fourth-order valence-corrected chi connectivity index (χ4v) is 3.60. The Bertz CT molecular complexity index is 982. The lowest BCUT2D eigenvalue weighted by molar-refractivity contribution is -0.137. The van der Waals surface area contributed by atoms with Crippen molar-refractivity contribution in [3.05, 3.63) is 70.2 Å². The van der Waals surface area contributed by atoms with Crippen LogP contribution < -0.4 is 0 Å². The first-order valence-electron chi connectivity index (χ1n) is 10.3. The number of halogens is 4. The van der Waals surface area contributed by atoms with Gasteiger partial charge in [0.15, 0.2) is 6.10 Å². The van der Waals surface area contributed by atoms with Gasteiger partial charge in [0.05, 0.1) is 17.8 Å². The molecule has 32 heavy (non-hydrogen) atoms. The van der Waals surface area contributed by atoms with Crippen molar-refractivity contribution in [2.75, 3.05) is 6.54 Å². The molecule has 2 aromatic rings. The average molecular weight is 467 g/mol. The maximum Gasteiger partial charge on any atom is 0.416 e. The number of nitrogens with zero attached hydrogens (tertiary/aromatic N) is 2. The molecule has 4 nitrogen and oxygen atoms in total. The quantitative estimate of drug-likeness (QED) is 0.500. The van der Waals surface area contributed by atoms with E-state index in [4.69, 9.17) is 16.4 Å². The molecule has 0 unspecified atom stereocenters. The topological polar surface area (TPSA) is 41.9 Å². The Balaban J connectivity index is 1.74. The molecule has 0 saturated heterocycles. The predicted molar refractivity (Wildman–Crippen MR) is 118 cm³/mol. The molecule has 1 aliphatic rings. The maximum atomic E-state index is 13.1. The molecular weight excluding hydrogens is 441 g/mol. The fraction of sp³-hybridized carbons (Fsp3) is 0.417. The van der Waals surface area contributed by atoms with Crippen molar-refractivity contribution in [2.45, 2.75) is 52.4 Å². The van der Waals surface area contributed by atoms with Gasteiger partial charge in [0.1, 0.15) is 0 Å². The monoisotopic (exact) mass is 466 g/mol. The molecule has 1 heterocycles. The minimum atomic E-state index is -4.44. The highest BCUT2D eigenvalue weighted by Crippen LogP contribution is 2.30. The van der Waals surface area contributed by atoms with Gasteiger partial charge in [0, 0.05) is 24.4 Å². The zero-order chi connectivity index (χ0) is 23.5. The Morgan fingerprint density at radius 1 is 1.16 bits per heavy atom. The molecular formula is C24H26ClF3N2O2. The highest BCUT2D eigenvalue weighted by molar-refractivity contribution is 6.30. The summed E-state index contributed by atoms with van der Waals surface area (Å²) < 4.78 is 39.4. The van der Waals surface area contributed by atoms with Gasteiger partial charge < -0.3 is 9.74 Å². The van der Waals surface area contributed by atoms with Gasteiger partial charge in [-0.15, -0.1) is 0 Å². The second-order valence-corrected chi connectivity index (χ2v) is 9.62. The predicted octanol–water partition coefficient (Wildman–Crippen LogP) is 6.32. The van der Waals surface area contributed by atoms with Crippen molar-refractivity contribution in [3.63, 3.8) is 0 Å². The third-order valence-corrected chi connectivity index (χ3v) is 5.25. The number of rotatable bonds is 6. The number of benzene rings is 2. The Hall–Kier alpha value is -2.54. The molecule has 1 amide bonds. The third kappa shape index (κ3) is 6.73. The molecule has 1 atom stereocenters. The third-order valence-electron chi connectivity index (χ3n) is 5.00. The average Bonchev–Trinajstić information content (AvgIpc) is 3.15. The summed E-state index contributed by atoms with van der Waals surface area (Å²) >= 11 is 5.93. The van der Waals surface area contributed by atoms with Gasteiger partial charge in [-0.1, -0.05) is 61.8 Å². The second-order valence-electron chi connectivity index (χ2n) is 9.19. The van der Waals surface area contributed by atoms with Gasteiger partial charge in [-0.05, 0) is 40.8 Å². The highest BCUT2D eigenvalue weighted by atomic mass is 35.5. The summed E-state index contributed by atoms with van der Waals surface area (Å²) in [7, 11) is 0. The summed E-state index contributed by atoms with van der Waals surface area (Å²) in [6.45, 7) is 6.13. The Kier molecular flexibility index (Phi) is 7.18. The first kappa shape index (κ1) is 24.1. The van der Waals surface area contributed by atoms with Crippen molar-refractivity contribution in [1.29, 1.82) is 0 Å². The summed E-state index contributed by atoms with van der Waals surface area (Å²) in [5.74, 6) is -0.140. The molecule has 0 aliphatic carbocycles. The first-order chi connectivity index (χ1) is 14.9. The summed E-state index contributed by atoms with van der Waals surface area (Å²) in [6.07, 6.45) is -4.06. The molecule has 0 bridgehead atoms. The van der Waals surface area contributed by atoms with E-state index < -0.39 is 11.7 Å². The van der Waals surface area contributed by atoms with E-state index in [-0.39, 0.29) is 36.9 Å². The normalized spacial score (nSPS) is 16.5. The lowest BCUT2D eigenvalue weighted by Crippen LogP contribution is -2.38. The van der Waals surface area contributed by atoms with Gasteiger partial charge in [-0.3, -0.25) is 4.79 Å². The summed E-state index contributed by atoms with van der Waals surface area (Å²) in [5, 5.41) is 4.76. The molecule has 8 heteroatoms. The van der Waals surface area contributed by atoms with Crippen LogP contribution in [0, 0.1) is 5.41 Å². The number of hydrogen-bond donors (Lipinski definition) is 0. The van der Waals surface area contributed by atoms with E-state index in [9.17, 15) is 18.0 Å². The summed E-state index contributed by atoms with van der Waals surface area (Å²) in [5.41, 5.74) is 1.05. The Morgan fingerprint density at radius 2 is 1.84 bits per heavy atom. The minimum Gasteiger partial charge on any atom is -0.390 e. The molecule has 0 radical (unpaired) electrons. The standard InChI is InChI=1S/C24H26ClF3N2O2/c1-23(2,3)13-22(31)30(14-16-5-4-6-18(11-16)24(26,27)28)15-20-12-21(29-32-20)17-7-9-19(25)10-8-17/h4-11,20H,12-15H2,1-3H3/t20-/m0/s1. The van der Waals surface area contributed by atoms with E-state index in [1.807, 2.05) is 32.9 Å². The van der Waals surface area contributed by atoms with Gasteiger partial charge >= 0.3 is 6.18 Å². The first-order valence-corrected chi connectivity index (χ1v) is 10.7. The highest BCUT2D eigenvalue weighted by Gasteiger charge is 2.32. The Morgan fingerprint density at radius 3 is 2.47 bits per heavy atom. The van der Waals surface area contributed by atoms with E-state index in [1.54, 1.807) is 23.1 Å². The van der Waals surface area contributed by atoms with Crippen LogP contribution in [0.2, 0.25) is 5.02 Å². The molecule has 0 saturated carbocycles.